The summed E-state index contributed by atoms with van der Waals surface area (Å²) in [5.74, 6) is 1.45. The molecule has 3 heteroatoms. The van der Waals surface area contributed by atoms with Crippen LogP contribution in [0.1, 0.15) is 71.6 Å². The standard InChI is InChI=1S/C15H30ClNO/c1-3-5-6-7-8-10-15(18)17-13-14(9-4-2)11-12-16/h14H,3-13H2,1-2H3,(H,17,18). The Kier molecular flexibility index (Phi) is 13.0. The Bertz CT molecular complexity index is 191. The van der Waals surface area contributed by atoms with E-state index in [1.165, 1.54) is 25.7 Å². The summed E-state index contributed by atoms with van der Waals surface area (Å²) in [4.78, 5) is 11.6. The summed E-state index contributed by atoms with van der Waals surface area (Å²) in [6.07, 6.45) is 10.0. The third kappa shape index (κ3) is 10.9. The number of hydrogen-bond donors (Lipinski definition) is 1. The van der Waals surface area contributed by atoms with Crippen molar-refractivity contribution < 1.29 is 4.79 Å². The van der Waals surface area contributed by atoms with Crippen LogP contribution in [0, 0.1) is 5.92 Å². The van der Waals surface area contributed by atoms with Gasteiger partial charge in [0.25, 0.3) is 0 Å². The molecule has 1 unspecified atom stereocenters. The van der Waals surface area contributed by atoms with Crippen LogP contribution in [0.4, 0.5) is 0 Å². The lowest BCUT2D eigenvalue weighted by atomic mass is 10.0. The van der Waals surface area contributed by atoms with Crippen molar-refractivity contribution in [3.8, 4) is 0 Å². The Balaban J connectivity index is 3.54. The predicted molar refractivity (Wildman–Crippen MR) is 80.1 cm³/mol. The molecule has 1 atom stereocenters. The first kappa shape index (κ1) is 17.8. The van der Waals surface area contributed by atoms with E-state index in [1.807, 2.05) is 0 Å². The van der Waals surface area contributed by atoms with Gasteiger partial charge in [0.05, 0.1) is 0 Å². The molecule has 0 aliphatic rings. The fraction of sp³-hybridized carbons (Fsp3) is 0.933. The lowest BCUT2D eigenvalue weighted by Crippen LogP contribution is -2.29. The maximum atomic E-state index is 11.6. The highest BCUT2D eigenvalue weighted by atomic mass is 35.5. The first-order valence-corrected chi connectivity index (χ1v) is 8.10. The van der Waals surface area contributed by atoms with E-state index in [1.54, 1.807) is 0 Å². The molecule has 1 amide bonds. The van der Waals surface area contributed by atoms with E-state index in [0.29, 0.717) is 18.2 Å². The summed E-state index contributed by atoms with van der Waals surface area (Å²) < 4.78 is 0. The first-order valence-electron chi connectivity index (χ1n) is 7.57. The molecule has 0 rings (SSSR count). The van der Waals surface area contributed by atoms with Crippen molar-refractivity contribution in [1.29, 1.82) is 0 Å². The second-order valence-corrected chi connectivity index (χ2v) is 5.48. The average Bonchev–Trinajstić information content (AvgIpc) is 2.36. The minimum Gasteiger partial charge on any atom is -0.356 e. The fourth-order valence-corrected chi connectivity index (χ4v) is 2.46. The van der Waals surface area contributed by atoms with E-state index in [2.05, 4.69) is 19.2 Å². The quantitative estimate of drug-likeness (QED) is 0.412. The van der Waals surface area contributed by atoms with Crippen LogP contribution in [0.25, 0.3) is 0 Å². The van der Waals surface area contributed by atoms with Crippen LogP contribution in [0.15, 0.2) is 0 Å². The second kappa shape index (κ2) is 13.2. The molecule has 0 fully saturated rings. The summed E-state index contributed by atoms with van der Waals surface area (Å²) in [5.41, 5.74) is 0. The van der Waals surface area contributed by atoms with Crippen LogP contribution in [-0.2, 0) is 4.79 Å². The normalized spacial score (nSPS) is 12.4. The molecule has 0 heterocycles. The van der Waals surface area contributed by atoms with E-state index >= 15 is 0 Å². The van der Waals surface area contributed by atoms with Gasteiger partial charge in [0.1, 0.15) is 0 Å². The number of rotatable bonds is 12. The Morgan fingerprint density at radius 3 is 2.39 bits per heavy atom. The smallest absolute Gasteiger partial charge is 0.220 e. The number of carbonyl (C=O) groups excluding carboxylic acids is 1. The number of carbonyl (C=O) groups is 1. The van der Waals surface area contributed by atoms with Crippen molar-refractivity contribution in [1.82, 2.24) is 5.32 Å². The zero-order valence-corrected chi connectivity index (χ0v) is 12.9. The van der Waals surface area contributed by atoms with Crippen LogP contribution in [0.5, 0.6) is 0 Å². The van der Waals surface area contributed by atoms with Gasteiger partial charge >= 0.3 is 0 Å². The van der Waals surface area contributed by atoms with Gasteiger partial charge in [-0.05, 0) is 25.2 Å². The second-order valence-electron chi connectivity index (χ2n) is 5.10. The molecule has 0 saturated carbocycles. The van der Waals surface area contributed by atoms with E-state index in [4.69, 9.17) is 11.6 Å². The third-order valence-electron chi connectivity index (χ3n) is 3.31. The van der Waals surface area contributed by atoms with Crippen LogP contribution in [0.2, 0.25) is 0 Å². The molecular formula is C15H30ClNO. The molecule has 0 aromatic carbocycles. The Hall–Kier alpha value is -0.240. The summed E-state index contributed by atoms with van der Waals surface area (Å²) in [6, 6.07) is 0. The van der Waals surface area contributed by atoms with Crippen LogP contribution < -0.4 is 5.32 Å². The topological polar surface area (TPSA) is 29.1 Å². The first-order chi connectivity index (χ1) is 8.74. The van der Waals surface area contributed by atoms with Crippen molar-refractivity contribution in [3.05, 3.63) is 0 Å². The molecule has 1 N–H and O–H groups in total. The molecule has 0 aliphatic heterocycles. The molecule has 2 nitrogen and oxygen atoms in total. The molecule has 0 bridgehead atoms. The minimum absolute atomic E-state index is 0.210. The van der Waals surface area contributed by atoms with Crippen molar-refractivity contribution in [2.75, 3.05) is 12.4 Å². The van der Waals surface area contributed by atoms with Crippen LogP contribution in [0.3, 0.4) is 0 Å². The van der Waals surface area contributed by atoms with Crippen LogP contribution in [-0.4, -0.2) is 18.3 Å². The average molecular weight is 276 g/mol. The lowest BCUT2D eigenvalue weighted by molar-refractivity contribution is -0.121. The Labute approximate surface area is 118 Å². The molecule has 0 aromatic rings. The van der Waals surface area contributed by atoms with Gasteiger partial charge in [-0.1, -0.05) is 46.0 Å². The highest BCUT2D eigenvalue weighted by molar-refractivity contribution is 6.17. The molecule has 108 valence electrons. The molecule has 0 spiro atoms. The molecule has 18 heavy (non-hydrogen) atoms. The zero-order chi connectivity index (χ0) is 13.6. The molecule has 0 saturated heterocycles. The van der Waals surface area contributed by atoms with E-state index in [9.17, 15) is 4.79 Å². The van der Waals surface area contributed by atoms with E-state index < -0.39 is 0 Å². The van der Waals surface area contributed by atoms with Crippen LogP contribution >= 0.6 is 11.6 Å². The maximum absolute atomic E-state index is 11.6. The number of unbranched alkanes of at least 4 members (excludes halogenated alkanes) is 4. The number of hydrogen-bond acceptors (Lipinski definition) is 1. The monoisotopic (exact) mass is 275 g/mol. The van der Waals surface area contributed by atoms with Gasteiger partial charge in [-0.2, -0.15) is 0 Å². The Morgan fingerprint density at radius 2 is 1.78 bits per heavy atom. The van der Waals surface area contributed by atoms with Gasteiger partial charge in [-0.3, -0.25) is 4.79 Å². The van der Waals surface area contributed by atoms with Gasteiger partial charge < -0.3 is 5.32 Å². The van der Waals surface area contributed by atoms with Gasteiger partial charge in [-0.15, -0.1) is 11.6 Å². The van der Waals surface area contributed by atoms with E-state index in [-0.39, 0.29) is 5.91 Å². The maximum Gasteiger partial charge on any atom is 0.220 e. The van der Waals surface area contributed by atoms with Crippen molar-refractivity contribution in [3.63, 3.8) is 0 Å². The number of alkyl halides is 1. The predicted octanol–water partition coefficient (Wildman–Crippen LogP) is 4.51. The SMILES string of the molecule is CCCCCCCC(=O)NCC(CCC)CCCl. The molecule has 0 radical (unpaired) electrons. The zero-order valence-electron chi connectivity index (χ0n) is 12.1. The molecule has 0 aliphatic carbocycles. The fourth-order valence-electron chi connectivity index (χ4n) is 2.15. The van der Waals surface area contributed by atoms with Crippen molar-refractivity contribution in [2.45, 2.75) is 71.6 Å². The summed E-state index contributed by atoms with van der Waals surface area (Å²) >= 11 is 5.77. The number of nitrogens with one attached hydrogen (secondary N) is 1. The Morgan fingerprint density at radius 1 is 1.06 bits per heavy atom. The minimum atomic E-state index is 0.210. The van der Waals surface area contributed by atoms with Gasteiger partial charge in [-0.25, -0.2) is 0 Å². The summed E-state index contributed by atoms with van der Waals surface area (Å²) in [6.45, 7) is 5.18. The van der Waals surface area contributed by atoms with Gasteiger partial charge in [0, 0.05) is 18.8 Å². The van der Waals surface area contributed by atoms with Crippen molar-refractivity contribution >= 4 is 17.5 Å². The highest BCUT2D eigenvalue weighted by Crippen LogP contribution is 2.11. The highest BCUT2D eigenvalue weighted by Gasteiger charge is 2.09. The largest absolute Gasteiger partial charge is 0.356 e. The third-order valence-corrected chi connectivity index (χ3v) is 3.53. The van der Waals surface area contributed by atoms with Gasteiger partial charge in [0.15, 0.2) is 0 Å². The number of halogens is 1. The van der Waals surface area contributed by atoms with Gasteiger partial charge in [0.2, 0.25) is 5.91 Å². The summed E-state index contributed by atoms with van der Waals surface area (Å²) in [5, 5.41) is 3.05. The summed E-state index contributed by atoms with van der Waals surface area (Å²) in [7, 11) is 0. The van der Waals surface area contributed by atoms with Crippen molar-refractivity contribution in [2.24, 2.45) is 5.92 Å². The molecule has 0 aromatic heterocycles. The lowest BCUT2D eigenvalue weighted by Gasteiger charge is -2.15. The van der Waals surface area contributed by atoms with E-state index in [0.717, 1.165) is 32.2 Å². The molecular weight excluding hydrogens is 246 g/mol. The number of amides is 1.